The second kappa shape index (κ2) is 11.3. The number of nitrogens with one attached hydrogen (secondary N) is 3. The van der Waals surface area contributed by atoms with E-state index in [4.69, 9.17) is 16.6 Å². The van der Waals surface area contributed by atoms with Crippen LogP contribution < -0.4 is 20.3 Å². The van der Waals surface area contributed by atoms with Gasteiger partial charge in [0.25, 0.3) is 5.91 Å². The Labute approximate surface area is 212 Å². The number of rotatable bonds is 9. The SMILES string of the molecule is C=C(N=CNS)Nc1cc(N2CCC2)nc(Sc2ccc(NC(=O)c3ccccc3Cl)cc2)n1. The van der Waals surface area contributed by atoms with Crippen LogP contribution in [0.1, 0.15) is 16.8 Å². The van der Waals surface area contributed by atoms with E-state index in [0.717, 1.165) is 30.2 Å². The Hall–Kier alpha value is -3.21. The van der Waals surface area contributed by atoms with Crippen LogP contribution in [0.25, 0.3) is 0 Å². The van der Waals surface area contributed by atoms with Gasteiger partial charge in [0, 0.05) is 29.7 Å². The molecule has 3 N–H and O–H groups in total. The van der Waals surface area contributed by atoms with E-state index < -0.39 is 0 Å². The largest absolute Gasteiger partial charge is 0.356 e. The van der Waals surface area contributed by atoms with Gasteiger partial charge >= 0.3 is 0 Å². The minimum absolute atomic E-state index is 0.261. The number of aliphatic imine (C=N–C) groups is 1. The fourth-order valence-corrected chi connectivity index (χ4v) is 4.12. The second-order valence-corrected chi connectivity index (χ2v) is 8.96. The van der Waals surface area contributed by atoms with Gasteiger partial charge in [0.05, 0.1) is 10.6 Å². The number of carbonyl (C=O) groups excluding carboxylic acids is 1. The molecule has 2 heterocycles. The molecule has 1 aromatic heterocycles. The molecule has 0 saturated carbocycles. The van der Waals surface area contributed by atoms with Crippen LogP contribution in [0.15, 0.2) is 82.0 Å². The Bertz CT molecular complexity index is 1220. The van der Waals surface area contributed by atoms with Crippen molar-refractivity contribution in [2.24, 2.45) is 4.99 Å². The molecule has 3 aromatic rings. The summed E-state index contributed by atoms with van der Waals surface area (Å²) >= 11 is 11.4. The number of halogens is 1. The number of carbonyl (C=O) groups is 1. The third-order valence-corrected chi connectivity index (χ3v) is 6.18. The summed E-state index contributed by atoms with van der Waals surface area (Å²) in [6.45, 7) is 5.79. The van der Waals surface area contributed by atoms with Crippen molar-refractivity contribution in [1.29, 1.82) is 0 Å². The molecule has 0 atom stereocenters. The highest BCUT2D eigenvalue weighted by Gasteiger charge is 2.18. The third-order valence-electron chi connectivity index (χ3n) is 4.86. The van der Waals surface area contributed by atoms with Gasteiger partial charge in [-0.2, -0.15) is 0 Å². The molecule has 0 bridgehead atoms. The molecular weight excluding hydrogens is 490 g/mol. The van der Waals surface area contributed by atoms with Crippen LogP contribution in [0.5, 0.6) is 0 Å². The van der Waals surface area contributed by atoms with Crippen molar-refractivity contribution in [3.05, 3.63) is 77.6 Å². The van der Waals surface area contributed by atoms with Crippen molar-refractivity contribution in [2.75, 3.05) is 28.6 Å². The zero-order chi connectivity index (χ0) is 23.9. The quantitative estimate of drug-likeness (QED) is 0.137. The van der Waals surface area contributed by atoms with Gasteiger partial charge in [0.1, 0.15) is 23.8 Å². The predicted molar refractivity (Wildman–Crippen MR) is 142 cm³/mol. The minimum Gasteiger partial charge on any atom is -0.356 e. The van der Waals surface area contributed by atoms with E-state index in [0.29, 0.717) is 33.1 Å². The summed E-state index contributed by atoms with van der Waals surface area (Å²) in [6, 6.07) is 16.3. The molecule has 1 amide bonds. The van der Waals surface area contributed by atoms with Gasteiger partial charge in [0.2, 0.25) is 0 Å². The topological polar surface area (TPSA) is 94.5 Å². The van der Waals surface area contributed by atoms with Crippen molar-refractivity contribution in [2.45, 2.75) is 16.5 Å². The number of hydrogen-bond donors (Lipinski definition) is 4. The molecule has 1 aliphatic rings. The molecule has 0 radical (unpaired) electrons. The second-order valence-electron chi connectivity index (χ2n) is 7.25. The smallest absolute Gasteiger partial charge is 0.257 e. The number of thiol groups is 1. The molecule has 0 unspecified atom stereocenters. The maximum atomic E-state index is 12.5. The van der Waals surface area contributed by atoms with Crippen LogP contribution >= 0.6 is 36.2 Å². The van der Waals surface area contributed by atoms with Gasteiger partial charge in [-0.15, -0.1) is 0 Å². The first-order valence-electron chi connectivity index (χ1n) is 10.4. The lowest BCUT2D eigenvalue weighted by atomic mass is 10.2. The van der Waals surface area contributed by atoms with Gasteiger partial charge < -0.3 is 20.3 Å². The number of benzene rings is 2. The van der Waals surface area contributed by atoms with Crippen molar-refractivity contribution >= 4 is 65.7 Å². The van der Waals surface area contributed by atoms with Crippen molar-refractivity contribution in [1.82, 2.24) is 14.7 Å². The maximum Gasteiger partial charge on any atom is 0.257 e. The summed E-state index contributed by atoms with van der Waals surface area (Å²) in [6.07, 6.45) is 2.55. The lowest BCUT2D eigenvalue weighted by molar-refractivity contribution is 0.102. The fourth-order valence-electron chi connectivity index (χ4n) is 3.07. The van der Waals surface area contributed by atoms with Crippen LogP contribution in [0, 0.1) is 0 Å². The van der Waals surface area contributed by atoms with E-state index in [1.807, 2.05) is 30.3 Å². The average Bonchev–Trinajstić information content (AvgIpc) is 2.78. The van der Waals surface area contributed by atoms with Gasteiger partial charge in [-0.25, -0.2) is 15.0 Å². The van der Waals surface area contributed by atoms with Gasteiger partial charge in [-0.05, 0) is 54.6 Å². The Kier molecular flexibility index (Phi) is 7.94. The Balaban J connectivity index is 1.47. The van der Waals surface area contributed by atoms with E-state index >= 15 is 0 Å². The minimum atomic E-state index is -0.261. The first-order valence-corrected chi connectivity index (χ1v) is 12.0. The molecule has 4 rings (SSSR count). The molecule has 2 aromatic carbocycles. The highest BCUT2D eigenvalue weighted by atomic mass is 35.5. The molecule has 0 aliphatic carbocycles. The number of anilines is 3. The number of aromatic nitrogens is 2. The summed E-state index contributed by atoms with van der Waals surface area (Å²) in [5.41, 5.74) is 1.09. The molecular formula is C23H22ClN7OS2. The average molecular weight is 512 g/mol. The predicted octanol–water partition coefficient (Wildman–Crippen LogP) is 5.09. The normalized spacial score (nSPS) is 12.8. The van der Waals surface area contributed by atoms with Crippen molar-refractivity contribution in [3.8, 4) is 0 Å². The Morgan fingerprint density at radius 2 is 1.91 bits per heavy atom. The summed E-state index contributed by atoms with van der Waals surface area (Å²) in [5.74, 6) is 1.61. The van der Waals surface area contributed by atoms with Crippen LogP contribution in [-0.4, -0.2) is 35.3 Å². The van der Waals surface area contributed by atoms with E-state index in [9.17, 15) is 4.79 Å². The highest BCUT2D eigenvalue weighted by molar-refractivity contribution is 7.99. The van der Waals surface area contributed by atoms with Crippen molar-refractivity contribution in [3.63, 3.8) is 0 Å². The molecule has 1 fully saturated rings. The van der Waals surface area contributed by atoms with Crippen LogP contribution in [0.3, 0.4) is 0 Å². The van der Waals surface area contributed by atoms with Gasteiger partial charge in [-0.3, -0.25) is 4.79 Å². The van der Waals surface area contributed by atoms with E-state index in [1.165, 1.54) is 18.1 Å². The molecule has 34 heavy (non-hydrogen) atoms. The van der Waals surface area contributed by atoms with E-state index in [-0.39, 0.29) is 5.91 Å². The summed E-state index contributed by atoms with van der Waals surface area (Å²) in [5, 5.41) is 6.94. The van der Waals surface area contributed by atoms with Crippen LogP contribution in [0.4, 0.5) is 17.3 Å². The number of hydrogen-bond acceptors (Lipinski definition) is 8. The zero-order valence-corrected chi connectivity index (χ0v) is 20.5. The lowest BCUT2D eigenvalue weighted by Crippen LogP contribution is -2.37. The molecule has 1 aliphatic heterocycles. The molecule has 174 valence electrons. The Morgan fingerprint density at radius 3 is 2.59 bits per heavy atom. The standard InChI is InChI=1S/C23H22ClN7OS2/c1-15(25-14-26-33)27-20-13-21(31-11-4-12-31)30-23(29-20)34-17-9-7-16(8-10-17)28-22(32)18-5-2-3-6-19(18)24/h2-3,5-10,13-14,33H,1,4,11-12H2,(H,25,26)(H,28,32)(H,27,29,30). The van der Waals surface area contributed by atoms with E-state index in [1.54, 1.807) is 24.3 Å². The first-order chi connectivity index (χ1) is 16.5. The first kappa shape index (κ1) is 23.9. The Morgan fingerprint density at radius 1 is 1.15 bits per heavy atom. The molecule has 1 saturated heterocycles. The summed E-state index contributed by atoms with van der Waals surface area (Å²) in [7, 11) is 0. The lowest BCUT2D eigenvalue weighted by Gasteiger charge is -2.32. The molecule has 8 nitrogen and oxygen atoms in total. The van der Waals surface area contributed by atoms with Crippen LogP contribution in [-0.2, 0) is 0 Å². The highest BCUT2D eigenvalue weighted by Crippen LogP contribution is 2.30. The van der Waals surface area contributed by atoms with Crippen LogP contribution in [0.2, 0.25) is 5.02 Å². The van der Waals surface area contributed by atoms with Gasteiger partial charge in [-0.1, -0.05) is 43.1 Å². The van der Waals surface area contributed by atoms with Gasteiger partial charge in [0.15, 0.2) is 5.16 Å². The molecule has 11 heteroatoms. The van der Waals surface area contributed by atoms with Crippen molar-refractivity contribution < 1.29 is 4.79 Å². The summed E-state index contributed by atoms with van der Waals surface area (Å²) in [4.78, 5) is 29.0. The summed E-state index contributed by atoms with van der Waals surface area (Å²) < 4.78 is 2.53. The number of amides is 1. The zero-order valence-electron chi connectivity index (χ0n) is 18.0. The third kappa shape index (κ3) is 6.22. The van der Waals surface area contributed by atoms with E-state index in [2.05, 4.69) is 49.6 Å². The molecule has 0 spiro atoms. The fraction of sp³-hybridized carbons (Fsp3) is 0.130. The maximum absolute atomic E-state index is 12.5. The number of nitrogens with zero attached hydrogens (tertiary/aromatic N) is 4. The monoisotopic (exact) mass is 511 g/mol.